The molecule has 0 radical (unpaired) electrons. The van der Waals surface area contributed by atoms with Crippen molar-refractivity contribution in [3.8, 4) is 0 Å². The summed E-state index contributed by atoms with van der Waals surface area (Å²) in [5.74, 6) is 0.334. The molecule has 2 heterocycles. The molecule has 27 heavy (non-hydrogen) atoms. The minimum Gasteiger partial charge on any atom is -0.379 e. The quantitative estimate of drug-likeness (QED) is 0.546. The lowest BCUT2D eigenvalue weighted by atomic mass is 9.97. The molecule has 3 rings (SSSR count). The molecule has 0 atom stereocenters. The molecule has 2 amide bonds. The Hall–Kier alpha value is -2.14. The van der Waals surface area contributed by atoms with Gasteiger partial charge in [-0.2, -0.15) is 0 Å². The molecule has 5 nitrogen and oxygen atoms in total. The lowest BCUT2D eigenvalue weighted by Gasteiger charge is -2.32. The highest BCUT2D eigenvalue weighted by molar-refractivity contribution is 6.35. The highest BCUT2D eigenvalue weighted by Gasteiger charge is 2.41. The Balaban J connectivity index is 1.83. The highest BCUT2D eigenvalue weighted by atomic mass is 16.5. The monoisotopic (exact) mass is 370 g/mol. The summed E-state index contributed by atoms with van der Waals surface area (Å²) in [5, 5.41) is 0. The molecular weight excluding hydrogens is 340 g/mol. The molecule has 1 aromatic rings. The van der Waals surface area contributed by atoms with Gasteiger partial charge in [-0.1, -0.05) is 37.3 Å². The largest absolute Gasteiger partial charge is 0.379 e. The maximum absolute atomic E-state index is 13.2. The second kappa shape index (κ2) is 8.70. The summed E-state index contributed by atoms with van der Waals surface area (Å²) in [6.07, 6.45) is 2.91. The second-order valence-corrected chi connectivity index (χ2v) is 7.79. The van der Waals surface area contributed by atoms with Gasteiger partial charge in [0.2, 0.25) is 0 Å². The number of amides is 2. The maximum Gasteiger partial charge on any atom is 0.277 e. The van der Waals surface area contributed by atoms with Crippen molar-refractivity contribution >= 4 is 17.4 Å². The van der Waals surface area contributed by atoms with Gasteiger partial charge >= 0.3 is 0 Å². The molecule has 0 aromatic heterocycles. The van der Waals surface area contributed by atoms with Gasteiger partial charge in [-0.25, -0.2) is 0 Å². The number of nitrogens with zero attached hydrogens (tertiary/aromatic N) is 2. The molecule has 0 spiro atoms. The Bertz CT molecular complexity index is 704. The van der Waals surface area contributed by atoms with Gasteiger partial charge in [0.1, 0.15) is 5.70 Å². The van der Waals surface area contributed by atoms with E-state index in [2.05, 4.69) is 11.8 Å². The molecule has 1 aromatic carbocycles. The Morgan fingerprint density at radius 2 is 1.74 bits per heavy atom. The summed E-state index contributed by atoms with van der Waals surface area (Å²) in [5.41, 5.74) is 1.97. The van der Waals surface area contributed by atoms with Gasteiger partial charge < -0.3 is 9.64 Å². The van der Waals surface area contributed by atoms with Crippen LogP contribution in [0.15, 0.2) is 36.0 Å². The molecule has 1 saturated heterocycles. The molecule has 0 N–H and O–H groups in total. The number of hydrogen-bond acceptors (Lipinski definition) is 4. The van der Waals surface area contributed by atoms with E-state index >= 15 is 0 Å². The smallest absolute Gasteiger partial charge is 0.277 e. The van der Waals surface area contributed by atoms with E-state index < -0.39 is 0 Å². The third-order valence-corrected chi connectivity index (χ3v) is 5.28. The molecule has 2 aliphatic heterocycles. The summed E-state index contributed by atoms with van der Waals surface area (Å²) in [6.45, 7) is 8.81. The summed E-state index contributed by atoms with van der Waals surface area (Å²) < 4.78 is 5.57. The number of carbonyl (C=O) groups excluding carboxylic acids is 2. The average Bonchev–Trinajstić information content (AvgIpc) is 2.90. The number of benzene rings is 1. The summed E-state index contributed by atoms with van der Waals surface area (Å²) in [6, 6.07) is 9.58. The first-order chi connectivity index (χ1) is 13.0. The van der Waals surface area contributed by atoms with Crippen molar-refractivity contribution < 1.29 is 14.3 Å². The van der Waals surface area contributed by atoms with Crippen LogP contribution >= 0.6 is 0 Å². The molecule has 0 bridgehead atoms. The van der Waals surface area contributed by atoms with E-state index in [1.165, 1.54) is 4.90 Å². The van der Waals surface area contributed by atoms with Crippen LogP contribution in [0.25, 0.3) is 5.57 Å². The van der Waals surface area contributed by atoms with Crippen molar-refractivity contribution in [3.05, 3.63) is 41.6 Å². The van der Waals surface area contributed by atoms with Crippen LogP contribution in [0.1, 0.15) is 45.6 Å². The predicted molar refractivity (Wildman–Crippen MR) is 106 cm³/mol. The first-order valence-corrected chi connectivity index (χ1v) is 10.0. The number of rotatable bonds is 7. The second-order valence-electron chi connectivity index (χ2n) is 7.79. The number of piperidine rings is 1. The van der Waals surface area contributed by atoms with E-state index in [0.717, 1.165) is 31.5 Å². The zero-order valence-corrected chi connectivity index (χ0v) is 16.6. The number of imide groups is 1. The van der Waals surface area contributed by atoms with Crippen LogP contribution in [-0.4, -0.2) is 54.0 Å². The normalized spacial score (nSPS) is 19.0. The number of carbonyl (C=O) groups is 2. The zero-order chi connectivity index (χ0) is 19.4. The average molecular weight is 370 g/mol. The van der Waals surface area contributed by atoms with Gasteiger partial charge in [0.25, 0.3) is 11.8 Å². The van der Waals surface area contributed by atoms with Gasteiger partial charge in [-0.15, -0.1) is 0 Å². The van der Waals surface area contributed by atoms with Crippen LogP contribution < -0.4 is 0 Å². The number of ether oxygens (including phenoxy) is 1. The zero-order valence-electron chi connectivity index (χ0n) is 16.6. The van der Waals surface area contributed by atoms with E-state index in [1.54, 1.807) is 0 Å². The Labute approximate surface area is 162 Å². The molecular formula is C22H30N2O3. The first-order valence-electron chi connectivity index (χ1n) is 10.0. The van der Waals surface area contributed by atoms with Crippen molar-refractivity contribution in [2.24, 2.45) is 5.92 Å². The van der Waals surface area contributed by atoms with Crippen LogP contribution in [0.5, 0.6) is 0 Å². The lowest BCUT2D eigenvalue weighted by Crippen LogP contribution is -2.39. The minimum atomic E-state index is -0.177. The van der Waals surface area contributed by atoms with Gasteiger partial charge in [0.15, 0.2) is 0 Å². The summed E-state index contributed by atoms with van der Waals surface area (Å²) >= 11 is 0. The Kier molecular flexibility index (Phi) is 6.32. The van der Waals surface area contributed by atoms with E-state index in [0.29, 0.717) is 36.8 Å². The van der Waals surface area contributed by atoms with Crippen molar-refractivity contribution in [1.82, 2.24) is 9.80 Å². The maximum atomic E-state index is 13.2. The summed E-state index contributed by atoms with van der Waals surface area (Å²) in [4.78, 5) is 29.8. The molecule has 5 heteroatoms. The topological polar surface area (TPSA) is 49.9 Å². The van der Waals surface area contributed by atoms with Gasteiger partial charge in [-0.05, 0) is 44.6 Å². The van der Waals surface area contributed by atoms with E-state index in [1.807, 2.05) is 44.2 Å². The summed E-state index contributed by atoms with van der Waals surface area (Å²) in [7, 11) is 0. The van der Waals surface area contributed by atoms with E-state index in [-0.39, 0.29) is 17.9 Å². The van der Waals surface area contributed by atoms with Crippen LogP contribution in [0.3, 0.4) is 0 Å². The fraction of sp³-hybridized carbons (Fsp3) is 0.545. The van der Waals surface area contributed by atoms with Crippen LogP contribution in [0.4, 0.5) is 0 Å². The number of likely N-dealkylation sites (tertiary alicyclic amines) is 1. The van der Waals surface area contributed by atoms with Crippen LogP contribution in [0, 0.1) is 5.92 Å². The van der Waals surface area contributed by atoms with Crippen molar-refractivity contribution in [3.63, 3.8) is 0 Å². The first kappa shape index (κ1) is 19.6. The van der Waals surface area contributed by atoms with Gasteiger partial charge in [0, 0.05) is 26.2 Å². The highest BCUT2D eigenvalue weighted by Crippen LogP contribution is 2.33. The molecule has 0 saturated carbocycles. The molecule has 2 aliphatic rings. The van der Waals surface area contributed by atoms with Crippen molar-refractivity contribution in [2.75, 3.05) is 26.2 Å². The molecule has 0 unspecified atom stereocenters. The Morgan fingerprint density at radius 1 is 1.07 bits per heavy atom. The predicted octanol–water partition coefficient (Wildman–Crippen LogP) is 3.31. The lowest BCUT2D eigenvalue weighted by molar-refractivity contribution is -0.137. The fourth-order valence-corrected chi connectivity index (χ4v) is 3.70. The number of hydrogen-bond donors (Lipinski definition) is 0. The SMILES string of the molecule is CC1CCN(C2=C(c3ccccc3)C(=O)N(CCCOC(C)C)C2=O)CC1. The van der Waals surface area contributed by atoms with E-state index in [9.17, 15) is 9.59 Å². The minimum absolute atomic E-state index is 0.152. The van der Waals surface area contributed by atoms with Crippen LogP contribution in [0.2, 0.25) is 0 Å². The van der Waals surface area contributed by atoms with Gasteiger partial charge in [0.05, 0.1) is 11.7 Å². The Morgan fingerprint density at radius 3 is 2.37 bits per heavy atom. The van der Waals surface area contributed by atoms with Crippen molar-refractivity contribution in [1.29, 1.82) is 0 Å². The molecule has 0 aliphatic carbocycles. The fourth-order valence-electron chi connectivity index (χ4n) is 3.70. The van der Waals surface area contributed by atoms with E-state index in [4.69, 9.17) is 4.74 Å². The molecule has 1 fully saturated rings. The standard InChI is InChI=1S/C22H30N2O3/c1-16(2)27-15-7-12-24-21(25)19(18-8-5-4-6-9-18)20(22(24)26)23-13-10-17(3)11-14-23/h4-6,8-9,16-17H,7,10-15H2,1-3H3. The van der Waals surface area contributed by atoms with Crippen LogP contribution in [-0.2, 0) is 14.3 Å². The van der Waals surface area contributed by atoms with Crippen molar-refractivity contribution in [2.45, 2.75) is 46.1 Å². The molecule has 146 valence electrons. The third kappa shape index (κ3) is 4.41. The third-order valence-electron chi connectivity index (χ3n) is 5.28. The van der Waals surface area contributed by atoms with Gasteiger partial charge in [-0.3, -0.25) is 14.5 Å².